The summed E-state index contributed by atoms with van der Waals surface area (Å²) in [4.78, 5) is 33.0. The molecule has 3 rings (SSSR count). The van der Waals surface area contributed by atoms with Gasteiger partial charge in [-0.1, -0.05) is 0 Å². The van der Waals surface area contributed by atoms with Gasteiger partial charge in [0.25, 0.3) is 5.91 Å². The molecule has 0 radical (unpaired) electrons. The number of piperazine rings is 1. The zero-order valence-electron chi connectivity index (χ0n) is 11.7. The molecule has 0 spiro atoms. The van der Waals surface area contributed by atoms with Gasteiger partial charge in [0.15, 0.2) is 0 Å². The van der Waals surface area contributed by atoms with Crippen molar-refractivity contribution in [3.63, 3.8) is 0 Å². The van der Waals surface area contributed by atoms with Crippen molar-refractivity contribution in [1.29, 1.82) is 0 Å². The van der Waals surface area contributed by atoms with Crippen molar-refractivity contribution in [1.82, 2.24) is 14.8 Å². The molecule has 2 N–H and O–H groups in total. The van der Waals surface area contributed by atoms with E-state index in [4.69, 9.17) is 5.73 Å². The first-order valence-corrected chi connectivity index (χ1v) is 7.57. The second-order valence-electron chi connectivity index (χ2n) is 5.00. The first-order valence-electron chi connectivity index (χ1n) is 6.75. The third-order valence-corrected chi connectivity index (χ3v) is 4.83. The van der Waals surface area contributed by atoms with Gasteiger partial charge in [0.2, 0.25) is 5.91 Å². The number of nitrogen functional groups attached to an aromatic ring is 1. The van der Waals surface area contributed by atoms with Gasteiger partial charge in [-0.25, -0.2) is 4.98 Å². The summed E-state index contributed by atoms with van der Waals surface area (Å²) in [5.74, 6) is -0.0219. The van der Waals surface area contributed by atoms with Gasteiger partial charge in [0, 0.05) is 44.7 Å². The van der Waals surface area contributed by atoms with Gasteiger partial charge in [0.1, 0.15) is 9.71 Å². The van der Waals surface area contributed by atoms with Crippen LogP contribution >= 0.6 is 11.3 Å². The number of rotatable bonds is 1. The maximum absolute atomic E-state index is 12.6. The Balaban J connectivity index is 1.82. The molecule has 6 nitrogen and oxygen atoms in total. The number of thiophene rings is 1. The van der Waals surface area contributed by atoms with Crippen LogP contribution in [0, 0.1) is 0 Å². The van der Waals surface area contributed by atoms with Crippen LogP contribution in [0.4, 0.5) is 5.69 Å². The third kappa shape index (κ3) is 2.44. The molecule has 0 aliphatic carbocycles. The van der Waals surface area contributed by atoms with E-state index < -0.39 is 0 Å². The Kier molecular flexibility index (Phi) is 3.50. The molecule has 1 saturated heterocycles. The molecule has 1 aliphatic rings. The van der Waals surface area contributed by atoms with Gasteiger partial charge < -0.3 is 15.5 Å². The Bertz CT molecular complexity index is 704. The molecule has 0 saturated carbocycles. The summed E-state index contributed by atoms with van der Waals surface area (Å²) in [6.07, 6.45) is 1.69. The van der Waals surface area contributed by atoms with Gasteiger partial charge in [-0.05, 0) is 12.1 Å². The number of carbonyl (C=O) groups is 2. The number of fused-ring (bicyclic) bond motifs is 1. The van der Waals surface area contributed by atoms with Gasteiger partial charge in [-0.15, -0.1) is 11.3 Å². The largest absolute Gasteiger partial charge is 0.397 e. The predicted octanol–water partition coefficient (Wildman–Crippen LogP) is 1.18. The van der Waals surface area contributed by atoms with Crippen molar-refractivity contribution in [2.75, 3.05) is 31.9 Å². The second kappa shape index (κ2) is 5.33. The van der Waals surface area contributed by atoms with Crippen LogP contribution in [-0.2, 0) is 4.79 Å². The van der Waals surface area contributed by atoms with Crippen LogP contribution < -0.4 is 5.73 Å². The molecule has 7 heteroatoms. The highest BCUT2D eigenvalue weighted by Gasteiger charge is 2.26. The number of hydrogen-bond acceptors (Lipinski definition) is 5. The van der Waals surface area contributed by atoms with E-state index in [1.165, 1.54) is 11.3 Å². The number of amides is 2. The Labute approximate surface area is 126 Å². The van der Waals surface area contributed by atoms with Gasteiger partial charge in [-0.3, -0.25) is 9.59 Å². The highest BCUT2D eigenvalue weighted by Crippen LogP contribution is 2.32. The summed E-state index contributed by atoms with van der Waals surface area (Å²) < 4.78 is 0. The molecule has 2 aromatic heterocycles. The molecule has 0 aromatic carbocycles. The molecule has 0 unspecified atom stereocenters. The molecule has 3 heterocycles. The Morgan fingerprint density at radius 2 is 1.90 bits per heavy atom. The fourth-order valence-corrected chi connectivity index (χ4v) is 3.51. The number of nitrogens with two attached hydrogens (primary N) is 1. The standard InChI is InChI=1S/C14H16N4O2S/c1-9(19)17-5-7-18(8-6-17)14(20)12-11(15)10-3-2-4-16-13(10)21-12/h2-4H,5-8,15H2,1H3. The minimum Gasteiger partial charge on any atom is -0.397 e. The predicted molar refractivity (Wildman–Crippen MR) is 82.2 cm³/mol. The lowest BCUT2D eigenvalue weighted by Gasteiger charge is -2.34. The monoisotopic (exact) mass is 304 g/mol. The fraction of sp³-hybridized carbons (Fsp3) is 0.357. The summed E-state index contributed by atoms with van der Waals surface area (Å²) in [6.45, 7) is 3.78. The van der Waals surface area contributed by atoms with Crippen LogP contribution in [0.2, 0.25) is 0 Å². The summed E-state index contributed by atoms with van der Waals surface area (Å²) in [7, 11) is 0. The smallest absolute Gasteiger partial charge is 0.266 e. The van der Waals surface area contributed by atoms with Gasteiger partial charge in [-0.2, -0.15) is 0 Å². The molecule has 1 aliphatic heterocycles. The van der Waals surface area contributed by atoms with Crippen molar-refractivity contribution in [2.24, 2.45) is 0 Å². The van der Waals surface area contributed by atoms with Crippen molar-refractivity contribution in [3.8, 4) is 0 Å². The fourth-order valence-electron chi connectivity index (χ4n) is 2.48. The van der Waals surface area contributed by atoms with Crippen LogP contribution in [0.1, 0.15) is 16.6 Å². The lowest BCUT2D eigenvalue weighted by Crippen LogP contribution is -2.50. The number of carbonyl (C=O) groups excluding carboxylic acids is 2. The third-order valence-electron chi connectivity index (χ3n) is 3.71. The van der Waals surface area contributed by atoms with Crippen molar-refractivity contribution >= 4 is 39.1 Å². The maximum atomic E-state index is 12.6. The van der Waals surface area contributed by atoms with E-state index in [2.05, 4.69) is 4.98 Å². The maximum Gasteiger partial charge on any atom is 0.266 e. The second-order valence-corrected chi connectivity index (χ2v) is 6.00. The Hall–Kier alpha value is -2.15. The van der Waals surface area contributed by atoms with Gasteiger partial charge >= 0.3 is 0 Å². The normalized spacial score (nSPS) is 15.5. The lowest BCUT2D eigenvalue weighted by molar-refractivity contribution is -0.130. The van der Waals surface area contributed by atoms with E-state index in [1.54, 1.807) is 22.9 Å². The molecule has 1 fully saturated rings. The lowest BCUT2D eigenvalue weighted by atomic mass is 10.2. The molecule has 0 atom stereocenters. The average Bonchev–Trinajstić information content (AvgIpc) is 2.84. The summed E-state index contributed by atoms with van der Waals surface area (Å²) >= 11 is 1.32. The van der Waals surface area contributed by atoms with Crippen LogP contribution in [0.5, 0.6) is 0 Å². The molecule has 21 heavy (non-hydrogen) atoms. The minimum atomic E-state index is -0.0706. The van der Waals surface area contributed by atoms with Crippen LogP contribution in [0.15, 0.2) is 18.3 Å². The van der Waals surface area contributed by atoms with E-state index in [0.29, 0.717) is 36.7 Å². The van der Waals surface area contributed by atoms with E-state index in [-0.39, 0.29) is 11.8 Å². The van der Waals surface area contributed by atoms with E-state index in [9.17, 15) is 9.59 Å². The summed E-state index contributed by atoms with van der Waals surface area (Å²) in [5.41, 5.74) is 6.58. The minimum absolute atomic E-state index is 0.0488. The highest BCUT2D eigenvalue weighted by molar-refractivity contribution is 7.21. The summed E-state index contributed by atoms with van der Waals surface area (Å²) in [5, 5.41) is 0.827. The van der Waals surface area contributed by atoms with E-state index in [0.717, 1.165) is 10.2 Å². The quantitative estimate of drug-likeness (QED) is 0.858. The average molecular weight is 304 g/mol. The Morgan fingerprint density at radius 3 is 2.52 bits per heavy atom. The number of nitrogens with zero attached hydrogens (tertiary/aromatic N) is 3. The molecule has 0 bridgehead atoms. The summed E-state index contributed by atoms with van der Waals surface area (Å²) in [6, 6.07) is 3.68. The molecular weight excluding hydrogens is 288 g/mol. The molecule has 110 valence electrons. The van der Waals surface area contributed by atoms with E-state index in [1.807, 2.05) is 12.1 Å². The van der Waals surface area contributed by atoms with E-state index >= 15 is 0 Å². The van der Waals surface area contributed by atoms with Crippen LogP contribution in [-0.4, -0.2) is 52.8 Å². The number of anilines is 1. The number of pyridine rings is 1. The number of hydrogen-bond donors (Lipinski definition) is 1. The molecule has 2 amide bonds. The number of aromatic nitrogens is 1. The zero-order chi connectivity index (χ0) is 15.0. The highest BCUT2D eigenvalue weighted by atomic mass is 32.1. The zero-order valence-corrected chi connectivity index (χ0v) is 12.5. The van der Waals surface area contributed by atoms with Gasteiger partial charge in [0.05, 0.1) is 5.69 Å². The molecular formula is C14H16N4O2S. The Morgan fingerprint density at radius 1 is 1.24 bits per heavy atom. The first-order chi connectivity index (χ1) is 10.1. The van der Waals surface area contributed by atoms with Crippen molar-refractivity contribution in [3.05, 3.63) is 23.2 Å². The van der Waals surface area contributed by atoms with Crippen LogP contribution in [0.3, 0.4) is 0 Å². The first kappa shape index (κ1) is 13.8. The van der Waals surface area contributed by atoms with Crippen molar-refractivity contribution in [2.45, 2.75) is 6.92 Å². The van der Waals surface area contributed by atoms with Crippen LogP contribution in [0.25, 0.3) is 10.2 Å². The molecule has 2 aromatic rings. The topological polar surface area (TPSA) is 79.5 Å². The van der Waals surface area contributed by atoms with Crippen molar-refractivity contribution < 1.29 is 9.59 Å². The SMILES string of the molecule is CC(=O)N1CCN(C(=O)c2sc3ncccc3c2N)CC1.